The van der Waals surface area contributed by atoms with Gasteiger partial charge in [0.1, 0.15) is 11.5 Å². The normalized spacial score (nSPS) is 10.6. The zero-order chi connectivity index (χ0) is 26.0. The molecule has 13 heteroatoms. The van der Waals surface area contributed by atoms with Gasteiger partial charge in [0.2, 0.25) is 5.91 Å². The summed E-state index contributed by atoms with van der Waals surface area (Å²) in [5.74, 6) is 1.32. The van der Waals surface area contributed by atoms with Gasteiger partial charge in [-0.25, -0.2) is 4.98 Å². The number of benzene rings is 2. The van der Waals surface area contributed by atoms with Gasteiger partial charge in [-0.1, -0.05) is 23.4 Å². The molecule has 2 aromatic carbocycles. The maximum absolute atomic E-state index is 12.4. The van der Waals surface area contributed by atoms with Crippen molar-refractivity contribution < 1.29 is 19.1 Å². The van der Waals surface area contributed by atoms with Crippen LogP contribution >= 0.6 is 34.7 Å². The molecule has 2 N–H and O–H groups in total. The Balaban J connectivity index is 1.43. The molecule has 0 aliphatic rings. The van der Waals surface area contributed by atoms with E-state index in [1.807, 2.05) is 31.2 Å². The van der Waals surface area contributed by atoms with Crippen LogP contribution in [0, 0.1) is 0 Å². The number of anilines is 1. The van der Waals surface area contributed by atoms with E-state index < -0.39 is 0 Å². The number of hydrogen-bond acceptors (Lipinski definition) is 9. The SMILES string of the molecule is CCOc1ccc(-n2c(CNC(=O)COc3ccc(Cl)cc3)nnc2SCC(=O)Nc2nccs2)cc1. The van der Waals surface area contributed by atoms with Gasteiger partial charge in [-0.2, -0.15) is 0 Å². The molecule has 4 aromatic rings. The molecule has 4 rings (SSSR count). The summed E-state index contributed by atoms with van der Waals surface area (Å²) in [5.41, 5.74) is 0.762. The zero-order valence-corrected chi connectivity index (χ0v) is 22.1. The molecular weight excluding hydrogens is 536 g/mol. The van der Waals surface area contributed by atoms with Crippen molar-refractivity contribution in [3.63, 3.8) is 0 Å². The first kappa shape index (κ1) is 26.5. The minimum Gasteiger partial charge on any atom is -0.494 e. The van der Waals surface area contributed by atoms with E-state index in [1.54, 1.807) is 40.4 Å². The number of thioether (sulfide) groups is 1. The number of carbonyl (C=O) groups excluding carboxylic acids is 2. The Labute approximate surface area is 226 Å². The van der Waals surface area contributed by atoms with Crippen molar-refractivity contribution >= 4 is 51.6 Å². The highest BCUT2D eigenvalue weighted by Gasteiger charge is 2.17. The molecule has 0 atom stereocenters. The summed E-state index contributed by atoms with van der Waals surface area (Å²) in [6.45, 7) is 2.40. The number of carbonyl (C=O) groups is 2. The fraction of sp³-hybridized carbons (Fsp3) is 0.208. The number of amides is 2. The fourth-order valence-electron chi connectivity index (χ4n) is 3.10. The van der Waals surface area contributed by atoms with Crippen LogP contribution in [0.25, 0.3) is 5.69 Å². The minimum absolute atomic E-state index is 0.106. The van der Waals surface area contributed by atoms with Crippen LogP contribution in [0.5, 0.6) is 11.5 Å². The molecule has 0 fully saturated rings. The summed E-state index contributed by atoms with van der Waals surface area (Å²) < 4.78 is 12.8. The van der Waals surface area contributed by atoms with Crippen molar-refractivity contribution in [3.05, 3.63) is 71.0 Å². The first-order chi connectivity index (χ1) is 18.0. The molecule has 10 nitrogen and oxygen atoms in total. The number of nitrogens with one attached hydrogen (secondary N) is 2. The van der Waals surface area contributed by atoms with E-state index in [4.69, 9.17) is 21.1 Å². The van der Waals surface area contributed by atoms with Crippen LogP contribution in [-0.2, 0) is 16.1 Å². The molecule has 0 aliphatic carbocycles. The second-order valence-corrected chi connectivity index (χ2v) is 9.63. The topological polar surface area (TPSA) is 120 Å². The maximum atomic E-state index is 12.4. The number of halogens is 1. The van der Waals surface area contributed by atoms with Gasteiger partial charge in [0.05, 0.1) is 18.9 Å². The van der Waals surface area contributed by atoms with Crippen LogP contribution in [0.1, 0.15) is 12.7 Å². The average molecular weight is 559 g/mol. The molecule has 2 heterocycles. The Morgan fingerprint density at radius 3 is 2.46 bits per heavy atom. The van der Waals surface area contributed by atoms with Crippen LogP contribution in [0.3, 0.4) is 0 Å². The highest BCUT2D eigenvalue weighted by molar-refractivity contribution is 7.99. The van der Waals surface area contributed by atoms with Crippen molar-refractivity contribution in [2.45, 2.75) is 18.6 Å². The standard InChI is InChI=1S/C24H23ClN6O4S2/c1-2-34-18-9-5-17(6-10-18)31-20(13-27-21(32)14-35-19-7-3-16(25)4-8-19)29-30-24(31)37-15-22(33)28-23-26-11-12-36-23/h3-12H,2,13-15H2,1H3,(H,27,32)(H,26,28,33). The molecule has 0 bridgehead atoms. The monoisotopic (exact) mass is 558 g/mol. The lowest BCUT2D eigenvalue weighted by Crippen LogP contribution is -2.29. The summed E-state index contributed by atoms with van der Waals surface area (Å²) in [6, 6.07) is 14.1. The van der Waals surface area contributed by atoms with Crippen LogP contribution in [0.2, 0.25) is 5.02 Å². The average Bonchev–Trinajstić information content (AvgIpc) is 3.56. The van der Waals surface area contributed by atoms with Gasteiger partial charge >= 0.3 is 0 Å². The van der Waals surface area contributed by atoms with E-state index in [1.165, 1.54) is 23.1 Å². The highest BCUT2D eigenvalue weighted by atomic mass is 35.5. The summed E-state index contributed by atoms with van der Waals surface area (Å²) in [4.78, 5) is 28.8. The number of rotatable bonds is 12. The largest absolute Gasteiger partial charge is 0.494 e. The van der Waals surface area contributed by atoms with E-state index in [9.17, 15) is 9.59 Å². The predicted octanol–water partition coefficient (Wildman–Crippen LogP) is 4.20. The minimum atomic E-state index is -0.326. The second kappa shape index (κ2) is 13.1. The molecule has 192 valence electrons. The lowest BCUT2D eigenvalue weighted by molar-refractivity contribution is -0.123. The summed E-state index contributed by atoms with van der Waals surface area (Å²) >= 11 is 8.44. The van der Waals surface area contributed by atoms with E-state index in [0.29, 0.717) is 33.5 Å². The molecule has 0 aliphatic heterocycles. The van der Waals surface area contributed by atoms with E-state index >= 15 is 0 Å². The first-order valence-electron chi connectivity index (χ1n) is 11.2. The van der Waals surface area contributed by atoms with E-state index in [2.05, 4.69) is 25.8 Å². The Morgan fingerprint density at radius 2 is 1.76 bits per heavy atom. The van der Waals surface area contributed by atoms with Gasteiger partial charge in [-0.3, -0.25) is 14.2 Å². The van der Waals surface area contributed by atoms with E-state index in [0.717, 1.165) is 11.4 Å². The van der Waals surface area contributed by atoms with Crippen LogP contribution in [-0.4, -0.2) is 50.5 Å². The molecule has 0 saturated heterocycles. The Bertz CT molecular complexity index is 1310. The first-order valence-corrected chi connectivity index (χ1v) is 13.4. The van der Waals surface area contributed by atoms with Crippen LogP contribution in [0.4, 0.5) is 5.13 Å². The Morgan fingerprint density at radius 1 is 1.03 bits per heavy atom. The second-order valence-electron chi connectivity index (χ2n) is 7.35. The molecule has 0 saturated carbocycles. The van der Waals surface area contributed by atoms with Crippen LogP contribution < -0.4 is 20.1 Å². The van der Waals surface area contributed by atoms with E-state index in [-0.39, 0.29) is 30.7 Å². The van der Waals surface area contributed by atoms with Crippen molar-refractivity contribution in [3.8, 4) is 17.2 Å². The Kier molecular flexibility index (Phi) is 9.35. The summed E-state index contributed by atoms with van der Waals surface area (Å²) in [7, 11) is 0. The molecule has 0 radical (unpaired) electrons. The smallest absolute Gasteiger partial charge is 0.258 e. The maximum Gasteiger partial charge on any atom is 0.258 e. The van der Waals surface area contributed by atoms with Gasteiger partial charge in [-0.05, 0) is 55.5 Å². The summed E-state index contributed by atoms with van der Waals surface area (Å²) in [6.07, 6.45) is 1.62. The third-order valence-corrected chi connectivity index (χ3v) is 6.61. The molecular formula is C24H23ClN6O4S2. The Hall–Kier alpha value is -3.61. The lowest BCUT2D eigenvalue weighted by atomic mass is 10.3. The predicted molar refractivity (Wildman–Crippen MR) is 143 cm³/mol. The van der Waals surface area contributed by atoms with Crippen LogP contribution in [0.15, 0.2) is 65.3 Å². The van der Waals surface area contributed by atoms with Gasteiger partial charge < -0.3 is 20.1 Å². The number of nitrogens with zero attached hydrogens (tertiary/aromatic N) is 4. The fourth-order valence-corrected chi connectivity index (χ4v) is 4.55. The lowest BCUT2D eigenvalue weighted by Gasteiger charge is -2.12. The number of aromatic nitrogens is 4. The molecule has 37 heavy (non-hydrogen) atoms. The quantitative estimate of drug-likeness (QED) is 0.248. The van der Waals surface area contributed by atoms with Crippen molar-refractivity contribution in [1.82, 2.24) is 25.1 Å². The van der Waals surface area contributed by atoms with Crippen molar-refractivity contribution in [2.75, 3.05) is 24.3 Å². The summed E-state index contributed by atoms with van der Waals surface area (Å²) in [5, 5.41) is 17.5. The molecule has 0 unspecified atom stereocenters. The molecule has 0 spiro atoms. The molecule has 2 amide bonds. The highest BCUT2D eigenvalue weighted by Crippen LogP contribution is 2.24. The van der Waals surface area contributed by atoms with Gasteiger partial charge in [-0.15, -0.1) is 21.5 Å². The number of thiazole rings is 1. The number of hydrogen-bond donors (Lipinski definition) is 2. The third kappa shape index (κ3) is 7.68. The van der Waals surface area contributed by atoms with Crippen molar-refractivity contribution in [2.24, 2.45) is 0 Å². The third-order valence-electron chi connectivity index (χ3n) is 4.74. The van der Waals surface area contributed by atoms with Gasteiger partial charge in [0, 0.05) is 22.3 Å². The van der Waals surface area contributed by atoms with Gasteiger partial charge in [0.15, 0.2) is 22.7 Å². The van der Waals surface area contributed by atoms with Crippen molar-refractivity contribution in [1.29, 1.82) is 0 Å². The van der Waals surface area contributed by atoms with Gasteiger partial charge in [0.25, 0.3) is 5.91 Å². The molecule has 2 aromatic heterocycles. The number of ether oxygens (including phenoxy) is 2. The zero-order valence-electron chi connectivity index (χ0n) is 19.7.